The Balaban J connectivity index is 1.49. The van der Waals surface area contributed by atoms with Crippen LogP contribution in [0.15, 0.2) is 67.3 Å². The molecule has 6 nitrogen and oxygen atoms in total. The van der Waals surface area contributed by atoms with Crippen molar-refractivity contribution in [2.75, 3.05) is 6.54 Å². The first-order chi connectivity index (χ1) is 14.2. The van der Waals surface area contributed by atoms with E-state index in [9.17, 15) is 4.79 Å². The van der Waals surface area contributed by atoms with Crippen molar-refractivity contribution in [3.05, 3.63) is 72.9 Å². The zero-order valence-electron chi connectivity index (χ0n) is 16.4. The molecule has 1 fully saturated rings. The number of hydrogen-bond donors (Lipinski definition) is 0. The minimum Gasteiger partial charge on any atom is -0.335 e. The Hall–Kier alpha value is -3.41. The van der Waals surface area contributed by atoms with Crippen LogP contribution in [-0.4, -0.2) is 42.6 Å². The first kappa shape index (κ1) is 17.7. The van der Waals surface area contributed by atoms with E-state index in [2.05, 4.69) is 45.8 Å². The Morgan fingerprint density at radius 3 is 2.66 bits per heavy atom. The molecule has 0 saturated carbocycles. The van der Waals surface area contributed by atoms with Crippen LogP contribution in [0.4, 0.5) is 0 Å². The van der Waals surface area contributed by atoms with Crippen LogP contribution in [-0.2, 0) is 0 Å². The van der Waals surface area contributed by atoms with Gasteiger partial charge in [-0.05, 0) is 73.7 Å². The number of piperidine rings is 1. The Labute approximate surface area is 169 Å². The maximum Gasteiger partial charge on any atom is 0.274 e. The third-order valence-electron chi connectivity index (χ3n) is 5.75. The van der Waals surface area contributed by atoms with E-state index >= 15 is 0 Å². The van der Waals surface area contributed by atoms with Crippen molar-refractivity contribution in [1.29, 1.82) is 0 Å². The minimum absolute atomic E-state index is 0.0225. The number of rotatable bonds is 3. The molecule has 1 amide bonds. The quantitative estimate of drug-likeness (QED) is 0.531. The molecule has 4 aromatic rings. The fourth-order valence-corrected chi connectivity index (χ4v) is 4.10. The van der Waals surface area contributed by atoms with Gasteiger partial charge in [-0.2, -0.15) is 5.10 Å². The fourth-order valence-electron chi connectivity index (χ4n) is 4.10. The van der Waals surface area contributed by atoms with Gasteiger partial charge in [0, 0.05) is 42.9 Å². The molecule has 1 atom stereocenters. The standard InChI is InChI=1S/C23H23N5O/c1-17-4-2-3-14-26(17)23(29)21-11-15-28(25-21)22-8-7-20-6-5-19(16-27(20)22)18-9-12-24-13-10-18/h5-13,15-17H,2-4,14H2,1H3/t17-/m1/s1. The molecule has 1 aliphatic rings. The molecular weight excluding hydrogens is 362 g/mol. The van der Waals surface area contributed by atoms with Crippen LogP contribution in [0.1, 0.15) is 36.7 Å². The van der Waals surface area contributed by atoms with Crippen molar-refractivity contribution in [1.82, 2.24) is 24.1 Å². The van der Waals surface area contributed by atoms with E-state index < -0.39 is 0 Å². The Morgan fingerprint density at radius 1 is 1.00 bits per heavy atom. The number of nitrogens with zero attached hydrogens (tertiary/aromatic N) is 5. The molecule has 0 unspecified atom stereocenters. The first-order valence-electron chi connectivity index (χ1n) is 10.1. The van der Waals surface area contributed by atoms with E-state index in [1.165, 1.54) is 6.42 Å². The highest BCUT2D eigenvalue weighted by atomic mass is 16.2. The second-order valence-electron chi connectivity index (χ2n) is 7.63. The summed E-state index contributed by atoms with van der Waals surface area (Å²) in [5, 5.41) is 4.61. The molecule has 1 aliphatic heterocycles. The van der Waals surface area contributed by atoms with Gasteiger partial charge in [0.1, 0.15) is 5.82 Å². The maximum absolute atomic E-state index is 12.9. The van der Waals surface area contributed by atoms with Crippen LogP contribution in [0.5, 0.6) is 0 Å². The van der Waals surface area contributed by atoms with E-state index in [-0.39, 0.29) is 11.9 Å². The maximum atomic E-state index is 12.9. The van der Waals surface area contributed by atoms with Gasteiger partial charge in [-0.25, -0.2) is 4.68 Å². The highest BCUT2D eigenvalue weighted by molar-refractivity contribution is 5.92. The summed E-state index contributed by atoms with van der Waals surface area (Å²) < 4.78 is 3.88. The van der Waals surface area contributed by atoms with Crippen LogP contribution >= 0.6 is 0 Å². The average Bonchev–Trinajstić information content (AvgIpc) is 3.41. The predicted octanol–water partition coefficient (Wildman–Crippen LogP) is 4.20. The number of hydrogen-bond acceptors (Lipinski definition) is 3. The second kappa shape index (κ2) is 7.20. The molecule has 146 valence electrons. The normalized spacial score (nSPS) is 17.0. The largest absolute Gasteiger partial charge is 0.335 e. The van der Waals surface area contributed by atoms with Gasteiger partial charge < -0.3 is 9.30 Å². The van der Waals surface area contributed by atoms with Gasteiger partial charge in [0.2, 0.25) is 0 Å². The summed E-state index contributed by atoms with van der Waals surface area (Å²) in [5.41, 5.74) is 3.78. The Bertz CT molecular complexity index is 1160. The smallest absolute Gasteiger partial charge is 0.274 e. The van der Waals surface area contributed by atoms with Crippen molar-refractivity contribution in [2.45, 2.75) is 32.2 Å². The predicted molar refractivity (Wildman–Crippen MR) is 112 cm³/mol. The topological polar surface area (TPSA) is 55.4 Å². The molecular formula is C23H23N5O. The summed E-state index contributed by atoms with van der Waals surface area (Å²) in [7, 11) is 0. The molecule has 0 N–H and O–H groups in total. The van der Waals surface area contributed by atoms with Gasteiger partial charge >= 0.3 is 0 Å². The molecule has 4 aromatic heterocycles. The average molecular weight is 385 g/mol. The lowest BCUT2D eigenvalue weighted by atomic mass is 10.0. The number of fused-ring (bicyclic) bond motifs is 1. The van der Waals surface area contributed by atoms with Crippen molar-refractivity contribution in [3.8, 4) is 16.9 Å². The molecule has 0 aromatic carbocycles. The first-order valence-corrected chi connectivity index (χ1v) is 10.1. The summed E-state index contributed by atoms with van der Waals surface area (Å²) in [6.45, 7) is 2.94. The van der Waals surface area contributed by atoms with E-state index in [1.807, 2.05) is 35.4 Å². The number of carbonyl (C=O) groups excluding carboxylic acids is 1. The van der Waals surface area contributed by atoms with E-state index in [4.69, 9.17) is 0 Å². The van der Waals surface area contributed by atoms with E-state index in [1.54, 1.807) is 17.1 Å². The molecule has 5 heterocycles. The Morgan fingerprint density at radius 2 is 1.83 bits per heavy atom. The second-order valence-corrected chi connectivity index (χ2v) is 7.63. The molecule has 0 radical (unpaired) electrons. The van der Waals surface area contributed by atoms with Crippen molar-refractivity contribution in [2.24, 2.45) is 0 Å². The van der Waals surface area contributed by atoms with E-state index in [0.29, 0.717) is 5.69 Å². The molecule has 0 aliphatic carbocycles. The molecule has 6 heteroatoms. The summed E-state index contributed by atoms with van der Waals surface area (Å²) in [6.07, 6.45) is 10.9. The van der Waals surface area contributed by atoms with Gasteiger partial charge in [-0.1, -0.05) is 6.07 Å². The van der Waals surface area contributed by atoms with Crippen LogP contribution < -0.4 is 0 Å². The highest BCUT2D eigenvalue weighted by Gasteiger charge is 2.25. The molecule has 0 bridgehead atoms. The fraction of sp³-hybridized carbons (Fsp3) is 0.261. The number of likely N-dealkylation sites (tertiary alicyclic amines) is 1. The molecule has 5 rings (SSSR count). The zero-order valence-corrected chi connectivity index (χ0v) is 16.4. The number of pyridine rings is 2. The third kappa shape index (κ3) is 3.20. The minimum atomic E-state index is 0.0225. The van der Waals surface area contributed by atoms with Gasteiger partial charge in [0.15, 0.2) is 5.69 Å². The van der Waals surface area contributed by atoms with Gasteiger partial charge in [0.25, 0.3) is 5.91 Å². The zero-order chi connectivity index (χ0) is 19.8. The SMILES string of the molecule is C[C@@H]1CCCCN1C(=O)c1ccn(-c2ccc3ccc(-c4ccncc4)cn23)n1. The number of amides is 1. The highest BCUT2D eigenvalue weighted by Crippen LogP contribution is 2.23. The number of aromatic nitrogens is 4. The van der Waals surface area contributed by atoms with Crippen molar-refractivity contribution < 1.29 is 4.79 Å². The van der Waals surface area contributed by atoms with Crippen molar-refractivity contribution in [3.63, 3.8) is 0 Å². The van der Waals surface area contributed by atoms with Crippen LogP contribution in [0.3, 0.4) is 0 Å². The monoisotopic (exact) mass is 385 g/mol. The lowest BCUT2D eigenvalue weighted by Gasteiger charge is -2.32. The Kier molecular flexibility index (Phi) is 4.39. The van der Waals surface area contributed by atoms with Gasteiger partial charge in [-0.15, -0.1) is 0 Å². The lowest BCUT2D eigenvalue weighted by Crippen LogP contribution is -2.42. The van der Waals surface area contributed by atoms with Crippen LogP contribution in [0.2, 0.25) is 0 Å². The van der Waals surface area contributed by atoms with E-state index in [0.717, 1.165) is 41.8 Å². The third-order valence-corrected chi connectivity index (χ3v) is 5.75. The van der Waals surface area contributed by atoms with Crippen LogP contribution in [0.25, 0.3) is 22.5 Å². The summed E-state index contributed by atoms with van der Waals surface area (Å²) in [6, 6.07) is 14.4. The van der Waals surface area contributed by atoms with Crippen molar-refractivity contribution >= 4 is 11.4 Å². The summed E-state index contributed by atoms with van der Waals surface area (Å²) >= 11 is 0. The summed E-state index contributed by atoms with van der Waals surface area (Å²) in [4.78, 5) is 19.0. The van der Waals surface area contributed by atoms with Gasteiger partial charge in [0.05, 0.1) is 0 Å². The van der Waals surface area contributed by atoms with Crippen LogP contribution in [0, 0.1) is 0 Å². The molecule has 0 spiro atoms. The van der Waals surface area contributed by atoms with Gasteiger partial charge in [-0.3, -0.25) is 9.78 Å². The molecule has 29 heavy (non-hydrogen) atoms. The number of carbonyl (C=O) groups is 1. The lowest BCUT2D eigenvalue weighted by molar-refractivity contribution is 0.0629. The summed E-state index contributed by atoms with van der Waals surface area (Å²) in [5.74, 6) is 0.927. The molecule has 1 saturated heterocycles.